The average molecular weight is 548 g/mol. The molecule has 6 rings (SSSR count). The minimum atomic E-state index is 0.0773. The lowest BCUT2D eigenvalue weighted by Gasteiger charge is -2.37. The Labute approximate surface area is 236 Å². The molecule has 1 N–H and O–H groups in total. The highest BCUT2D eigenvalue weighted by atomic mass is 16.5. The monoisotopic (exact) mass is 547 g/mol. The first-order valence-electron chi connectivity index (χ1n) is 14.8. The molecule has 0 unspecified atom stereocenters. The molecule has 3 heterocycles. The van der Waals surface area contributed by atoms with Gasteiger partial charge < -0.3 is 29.7 Å². The number of piperidine rings is 1. The number of nitrogens with zero attached hydrogens (tertiary/aromatic N) is 6. The maximum absolute atomic E-state index is 13.7. The lowest BCUT2D eigenvalue weighted by molar-refractivity contribution is -0.118. The van der Waals surface area contributed by atoms with E-state index in [1.165, 1.54) is 12.8 Å². The quantitative estimate of drug-likeness (QED) is 0.555. The third-order valence-electron chi connectivity index (χ3n) is 9.04. The van der Waals surface area contributed by atoms with Crippen molar-refractivity contribution in [2.45, 2.75) is 75.9 Å². The molecule has 2 aromatic rings. The number of hydrogen-bond donors (Lipinski definition) is 1. The second-order valence-corrected chi connectivity index (χ2v) is 11.8. The van der Waals surface area contributed by atoms with E-state index in [-0.39, 0.29) is 11.8 Å². The van der Waals surface area contributed by atoms with Crippen molar-refractivity contribution in [3.8, 4) is 5.75 Å². The van der Waals surface area contributed by atoms with E-state index in [2.05, 4.69) is 32.0 Å². The summed E-state index contributed by atoms with van der Waals surface area (Å²) < 4.78 is 5.73. The van der Waals surface area contributed by atoms with Crippen LogP contribution in [0.1, 0.15) is 68.1 Å². The van der Waals surface area contributed by atoms with Gasteiger partial charge in [-0.3, -0.25) is 9.59 Å². The van der Waals surface area contributed by atoms with Gasteiger partial charge in [0.05, 0.1) is 19.0 Å². The van der Waals surface area contributed by atoms with E-state index < -0.39 is 0 Å². The number of rotatable bonds is 7. The van der Waals surface area contributed by atoms with Crippen LogP contribution in [0.3, 0.4) is 0 Å². The normalized spacial score (nSPS) is 20.8. The molecule has 2 amide bonds. The third kappa shape index (κ3) is 5.33. The van der Waals surface area contributed by atoms with Gasteiger partial charge in [-0.25, -0.2) is 4.98 Å². The molecular weight excluding hydrogens is 506 g/mol. The van der Waals surface area contributed by atoms with Crippen LogP contribution in [0.25, 0.3) is 0 Å². The van der Waals surface area contributed by atoms with Gasteiger partial charge in [-0.2, -0.15) is 4.98 Å². The number of amides is 2. The number of nitrogens with one attached hydrogen (secondary N) is 1. The van der Waals surface area contributed by atoms with Crippen LogP contribution in [0.5, 0.6) is 5.75 Å². The molecule has 1 aromatic carbocycles. The number of likely N-dealkylation sites (tertiary alicyclic amines) is 1. The van der Waals surface area contributed by atoms with Crippen molar-refractivity contribution in [3.05, 3.63) is 30.0 Å². The van der Waals surface area contributed by atoms with Gasteiger partial charge in [0, 0.05) is 43.7 Å². The standard InChI is InChI=1S/C30H41N7O3/c1-34-15-12-23(13-16-34)37(22-9-10-22)29(39)20-8-11-24(26(18-20)40-3)32-30-31-19-25-28(33-30)36(21-6-4-5-7-21)17-14-27(38)35(25)2/h8,11,18-19,21-23H,4-7,9-10,12-17H2,1-3H3,(H,31,32,33). The van der Waals surface area contributed by atoms with Gasteiger partial charge in [-0.15, -0.1) is 0 Å². The van der Waals surface area contributed by atoms with Gasteiger partial charge in [-0.1, -0.05) is 12.8 Å². The summed E-state index contributed by atoms with van der Waals surface area (Å²) in [4.78, 5) is 44.3. The van der Waals surface area contributed by atoms with Crippen LogP contribution in [0.4, 0.5) is 23.1 Å². The molecule has 214 valence electrons. The molecule has 3 fully saturated rings. The first-order valence-corrected chi connectivity index (χ1v) is 14.8. The van der Waals surface area contributed by atoms with E-state index in [1.54, 1.807) is 25.3 Å². The van der Waals surface area contributed by atoms with Gasteiger partial charge in [0.25, 0.3) is 5.91 Å². The second kappa shape index (κ2) is 11.2. The maximum Gasteiger partial charge on any atom is 0.254 e. The van der Waals surface area contributed by atoms with Crippen molar-refractivity contribution in [1.29, 1.82) is 0 Å². The zero-order valence-corrected chi connectivity index (χ0v) is 23.9. The zero-order valence-electron chi connectivity index (χ0n) is 23.9. The topological polar surface area (TPSA) is 94.1 Å². The number of methoxy groups -OCH3 is 1. The van der Waals surface area contributed by atoms with Crippen LogP contribution in [-0.2, 0) is 4.79 Å². The Bertz CT molecular complexity index is 1250. The summed E-state index contributed by atoms with van der Waals surface area (Å²) in [6.07, 6.45) is 11.0. The molecule has 0 spiro atoms. The van der Waals surface area contributed by atoms with E-state index in [0.29, 0.717) is 54.0 Å². The summed E-state index contributed by atoms with van der Waals surface area (Å²) >= 11 is 0. The summed E-state index contributed by atoms with van der Waals surface area (Å²) in [5, 5.41) is 3.32. The molecule has 2 saturated carbocycles. The Balaban J connectivity index is 1.25. The molecule has 0 bridgehead atoms. The molecule has 4 aliphatic rings. The highest BCUT2D eigenvalue weighted by molar-refractivity contribution is 5.98. The van der Waals surface area contributed by atoms with Gasteiger partial charge in [0.15, 0.2) is 5.82 Å². The Morgan fingerprint density at radius 2 is 1.75 bits per heavy atom. The van der Waals surface area contributed by atoms with Gasteiger partial charge >= 0.3 is 0 Å². The van der Waals surface area contributed by atoms with E-state index in [0.717, 1.165) is 63.1 Å². The number of aromatic nitrogens is 2. The molecule has 10 nitrogen and oxygen atoms in total. The van der Waals surface area contributed by atoms with Crippen molar-refractivity contribution < 1.29 is 14.3 Å². The van der Waals surface area contributed by atoms with Crippen molar-refractivity contribution in [3.63, 3.8) is 0 Å². The van der Waals surface area contributed by atoms with Crippen LogP contribution < -0.4 is 19.9 Å². The number of hydrogen-bond acceptors (Lipinski definition) is 8. The first-order chi connectivity index (χ1) is 19.4. The minimum absolute atomic E-state index is 0.0773. The van der Waals surface area contributed by atoms with E-state index in [4.69, 9.17) is 9.72 Å². The largest absolute Gasteiger partial charge is 0.495 e. The number of anilines is 4. The molecule has 1 saturated heterocycles. The number of fused-ring (bicyclic) bond motifs is 1. The summed E-state index contributed by atoms with van der Waals surface area (Å²) in [7, 11) is 5.56. The minimum Gasteiger partial charge on any atom is -0.495 e. The molecule has 2 aliphatic carbocycles. The third-order valence-corrected chi connectivity index (χ3v) is 9.04. The fourth-order valence-corrected chi connectivity index (χ4v) is 6.52. The Morgan fingerprint density at radius 1 is 1.02 bits per heavy atom. The van der Waals surface area contributed by atoms with Gasteiger partial charge in [0.2, 0.25) is 11.9 Å². The number of carbonyl (C=O) groups excluding carboxylic acids is 2. The van der Waals surface area contributed by atoms with Crippen LogP contribution in [0.2, 0.25) is 0 Å². The predicted octanol–water partition coefficient (Wildman–Crippen LogP) is 4.04. The Morgan fingerprint density at radius 3 is 2.45 bits per heavy atom. The molecule has 1 aromatic heterocycles. The number of ether oxygens (including phenoxy) is 1. The van der Waals surface area contributed by atoms with Crippen molar-refractivity contribution in [2.24, 2.45) is 0 Å². The molecule has 40 heavy (non-hydrogen) atoms. The fourth-order valence-electron chi connectivity index (χ4n) is 6.52. The summed E-state index contributed by atoms with van der Waals surface area (Å²) in [6.45, 7) is 2.71. The van der Waals surface area contributed by atoms with Crippen LogP contribution in [-0.4, -0.2) is 90.5 Å². The molecule has 2 aliphatic heterocycles. The summed E-state index contributed by atoms with van der Waals surface area (Å²) in [5.74, 6) is 1.97. The lowest BCUT2D eigenvalue weighted by atomic mass is 10.0. The van der Waals surface area contributed by atoms with E-state index >= 15 is 0 Å². The first kappa shape index (κ1) is 26.8. The Kier molecular flexibility index (Phi) is 7.53. The van der Waals surface area contributed by atoms with Crippen molar-refractivity contribution >= 4 is 35.0 Å². The highest BCUT2D eigenvalue weighted by Crippen LogP contribution is 2.38. The number of carbonyl (C=O) groups is 2. The molecule has 0 radical (unpaired) electrons. The Hall–Kier alpha value is -3.40. The summed E-state index contributed by atoms with van der Waals surface area (Å²) in [6, 6.07) is 6.62. The number of benzene rings is 1. The molecule has 10 heteroatoms. The zero-order chi connectivity index (χ0) is 27.8. The second-order valence-electron chi connectivity index (χ2n) is 11.8. The summed E-state index contributed by atoms with van der Waals surface area (Å²) in [5.41, 5.74) is 2.08. The predicted molar refractivity (Wildman–Crippen MR) is 156 cm³/mol. The highest BCUT2D eigenvalue weighted by Gasteiger charge is 2.39. The van der Waals surface area contributed by atoms with Crippen LogP contribution >= 0.6 is 0 Å². The van der Waals surface area contributed by atoms with Crippen molar-refractivity contribution in [2.75, 3.05) is 56.0 Å². The van der Waals surface area contributed by atoms with Crippen LogP contribution in [0, 0.1) is 0 Å². The SMILES string of the molecule is COc1cc(C(=O)N(C2CC2)C2CCN(C)CC2)ccc1Nc1ncc2c(n1)N(C1CCCC1)CCC(=O)N2C. The van der Waals surface area contributed by atoms with E-state index in [9.17, 15) is 9.59 Å². The van der Waals surface area contributed by atoms with E-state index in [1.807, 2.05) is 18.2 Å². The smallest absolute Gasteiger partial charge is 0.254 e. The van der Waals surface area contributed by atoms with Crippen LogP contribution in [0.15, 0.2) is 24.4 Å². The van der Waals surface area contributed by atoms with Gasteiger partial charge in [-0.05, 0) is 76.9 Å². The van der Waals surface area contributed by atoms with Crippen molar-refractivity contribution in [1.82, 2.24) is 19.8 Å². The molecular formula is C30H41N7O3. The molecule has 0 atom stereocenters. The average Bonchev–Trinajstić information content (AvgIpc) is 3.68. The lowest BCUT2D eigenvalue weighted by Crippen LogP contribution is -2.47. The van der Waals surface area contributed by atoms with Gasteiger partial charge in [0.1, 0.15) is 11.4 Å². The maximum atomic E-state index is 13.7. The fraction of sp³-hybridized carbons (Fsp3) is 0.600.